The molecule has 1 aromatic carbocycles. The Kier molecular flexibility index (Phi) is 7.01. The monoisotopic (exact) mass is 262 g/mol. The maximum atomic E-state index is 12.1. The lowest BCUT2D eigenvalue weighted by Crippen LogP contribution is -2.25. The standard InChI is InChI=1S/C16H26N2O/c1-4-17-15-11-6-5-10-14(15)16(19)18-12-8-7-9-13(2)3/h5-6,10-11,13,17H,4,7-9,12H2,1-3H3,(H,18,19). The molecular formula is C16H26N2O. The van der Waals surface area contributed by atoms with Crippen LogP contribution in [0.4, 0.5) is 5.69 Å². The second-order valence-corrected chi connectivity index (χ2v) is 5.22. The van der Waals surface area contributed by atoms with Crippen LogP contribution in [0.1, 0.15) is 50.4 Å². The Morgan fingerprint density at radius 3 is 2.63 bits per heavy atom. The first-order chi connectivity index (χ1) is 9.15. The molecule has 0 spiro atoms. The molecule has 0 heterocycles. The van der Waals surface area contributed by atoms with Crippen molar-refractivity contribution in [2.75, 3.05) is 18.4 Å². The van der Waals surface area contributed by atoms with E-state index < -0.39 is 0 Å². The first-order valence-corrected chi connectivity index (χ1v) is 7.26. The molecule has 106 valence electrons. The number of carbonyl (C=O) groups is 1. The van der Waals surface area contributed by atoms with Gasteiger partial charge in [0.1, 0.15) is 0 Å². The predicted octanol–water partition coefficient (Wildman–Crippen LogP) is 3.67. The fourth-order valence-corrected chi connectivity index (χ4v) is 2.00. The molecule has 0 aliphatic rings. The van der Waals surface area contributed by atoms with E-state index in [-0.39, 0.29) is 5.91 Å². The van der Waals surface area contributed by atoms with Crippen molar-refractivity contribution >= 4 is 11.6 Å². The van der Waals surface area contributed by atoms with Gasteiger partial charge in [0.2, 0.25) is 0 Å². The van der Waals surface area contributed by atoms with Crippen molar-refractivity contribution in [2.24, 2.45) is 5.92 Å². The van der Waals surface area contributed by atoms with Crippen molar-refractivity contribution < 1.29 is 4.79 Å². The average molecular weight is 262 g/mol. The Labute approximate surface area is 116 Å². The number of hydrogen-bond donors (Lipinski definition) is 2. The van der Waals surface area contributed by atoms with E-state index in [0.29, 0.717) is 0 Å². The minimum atomic E-state index is 0.0149. The molecule has 0 saturated carbocycles. The number of unbranched alkanes of at least 4 members (excludes halogenated alkanes) is 1. The van der Waals surface area contributed by atoms with Gasteiger partial charge in [-0.15, -0.1) is 0 Å². The molecule has 0 unspecified atom stereocenters. The van der Waals surface area contributed by atoms with Gasteiger partial charge in [-0.05, 0) is 31.4 Å². The van der Waals surface area contributed by atoms with Gasteiger partial charge in [0, 0.05) is 18.8 Å². The number of benzene rings is 1. The summed E-state index contributed by atoms with van der Waals surface area (Å²) in [5.41, 5.74) is 1.64. The largest absolute Gasteiger partial charge is 0.385 e. The van der Waals surface area contributed by atoms with Gasteiger partial charge in [-0.2, -0.15) is 0 Å². The number of carbonyl (C=O) groups excluding carboxylic acids is 1. The normalized spacial score (nSPS) is 10.5. The zero-order chi connectivity index (χ0) is 14.1. The van der Waals surface area contributed by atoms with Crippen LogP contribution >= 0.6 is 0 Å². The topological polar surface area (TPSA) is 41.1 Å². The quantitative estimate of drug-likeness (QED) is 0.702. The molecule has 0 saturated heterocycles. The van der Waals surface area contributed by atoms with Crippen molar-refractivity contribution in [3.8, 4) is 0 Å². The molecule has 1 rings (SSSR count). The van der Waals surface area contributed by atoms with Crippen molar-refractivity contribution in [1.82, 2.24) is 5.32 Å². The van der Waals surface area contributed by atoms with E-state index in [1.54, 1.807) is 0 Å². The highest BCUT2D eigenvalue weighted by Crippen LogP contribution is 2.14. The van der Waals surface area contributed by atoms with Crippen LogP contribution in [0, 0.1) is 5.92 Å². The maximum absolute atomic E-state index is 12.1. The van der Waals surface area contributed by atoms with Crippen LogP contribution in [-0.4, -0.2) is 19.0 Å². The van der Waals surface area contributed by atoms with Crippen LogP contribution in [0.15, 0.2) is 24.3 Å². The molecule has 0 atom stereocenters. The summed E-state index contributed by atoms with van der Waals surface area (Å²) in [6, 6.07) is 7.64. The Morgan fingerprint density at radius 2 is 1.95 bits per heavy atom. The Balaban J connectivity index is 2.41. The fourth-order valence-electron chi connectivity index (χ4n) is 2.00. The van der Waals surface area contributed by atoms with Gasteiger partial charge in [0.25, 0.3) is 5.91 Å². The van der Waals surface area contributed by atoms with Crippen molar-refractivity contribution in [2.45, 2.75) is 40.0 Å². The average Bonchev–Trinajstić information content (AvgIpc) is 2.39. The molecular weight excluding hydrogens is 236 g/mol. The van der Waals surface area contributed by atoms with E-state index in [2.05, 4.69) is 24.5 Å². The van der Waals surface area contributed by atoms with Crippen LogP contribution < -0.4 is 10.6 Å². The first-order valence-electron chi connectivity index (χ1n) is 7.26. The van der Waals surface area contributed by atoms with Gasteiger partial charge in [-0.3, -0.25) is 4.79 Å². The van der Waals surface area contributed by atoms with E-state index in [0.717, 1.165) is 36.7 Å². The first kappa shape index (κ1) is 15.5. The van der Waals surface area contributed by atoms with Crippen molar-refractivity contribution in [3.05, 3.63) is 29.8 Å². The second kappa shape index (κ2) is 8.57. The van der Waals surface area contributed by atoms with E-state index >= 15 is 0 Å². The number of para-hydroxylation sites is 1. The lowest BCUT2D eigenvalue weighted by molar-refractivity contribution is 0.0953. The third kappa shape index (κ3) is 5.77. The summed E-state index contributed by atoms with van der Waals surface area (Å²) >= 11 is 0. The zero-order valence-electron chi connectivity index (χ0n) is 12.3. The summed E-state index contributed by atoms with van der Waals surface area (Å²) in [5.74, 6) is 0.756. The van der Waals surface area contributed by atoms with Gasteiger partial charge in [0.15, 0.2) is 0 Å². The van der Waals surface area contributed by atoms with E-state index in [4.69, 9.17) is 0 Å². The summed E-state index contributed by atoms with van der Waals surface area (Å²) in [7, 11) is 0. The third-order valence-corrected chi connectivity index (χ3v) is 3.03. The molecule has 1 amide bonds. The SMILES string of the molecule is CCNc1ccccc1C(=O)NCCCCC(C)C. The third-order valence-electron chi connectivity index (χ3n) is 3.03. The minimum absolute atomic E-state index is 0.0149. The summed E-state index contributed by atoms with van der Waals surface area (Å²) in [4.78, 5) is 12.1. The lowest BCUT2D eigenvalue weighted by atomic mass is 10.1. The molecule has 0 aromatic heterocycles. The van der Waals surface area contributed by atoms with Crippen molar-refractivity contribution in [1.29, 1.82) is 0 Å². The highest BCUT2D eigenvalue weighted by molar-refractivity contribution is 5.99. The van der Waals surface area contributed by atoms with Gasteiger partial charge < -0.3 is 10.6 Å². The van der Waals surface area contributed by atoms with E-state index in [9.17, 15) is 4.79 Å². The van der Waals surface area contributed by atoms with Crippen LogP contribution in [0.3, 0.4) is 0 Å². The Morgan fingerprint density at radius 1 is 1.21 bits per heavy atom. The molecule has 19 heavy (non-hydrogen) atoms. The molecule has 0 aliphatic heterocycles. The number of anilines is 1. The van der Waals surface area contributed by atoms with Crippen LogP contribution in [0.25, 0.3) is 0 Å². The number of nitrogens with one attached hydrogen (secondary N) is 2. The zero-order valence-corrected chi connectivity index (χ0v) is 12.3. The van der Waals surface area contributed by atoms with Gasteiger partial charge in [-0.25, -0.2) is 0 Å². The molecule has 1 aromatic rings. The lowest BCUT2D eigenvalue weighted by Gasteiger charge is -2.11. The number of hydrogen-bond acceptors (Lipinski definition) is 2. The van der Waals surface area contributed by atoms with Crippen LogP contribution in [0.5, 0.6) is 0 Å². The smallest absolute Gasteiger partial charge is 0.253 e. The maximum Gasteiger partial charge on any atom is 0.253 e. The summed E-state index contributed by atoms with van der Waals surface area (Å²) in [5, 5.41) is 6.21. The van der Waals surface area contributed by atoms with Gasteiger partial charge in [0.05, 0.1) is 5.56 Å². The fraction of sp³-hybridized carbons (Fsp3) is 0.562. The molecule has 0 fully saturated rings. The number of amides is 1. The van der Waals surface area contributed by atoms with E-state index in [1.807, 2.05) is 31.2 Å². The Bertz CT molecular complexity index is 388. The highest BCUT2D eigenvalue weighted by Gasteiger charge is 2.09. The molecule has 2 N–H and O–H groups in total. The predicted molar refractivity (Wildman–Crippen MR) is 81.6 cm³/mol. The molecule has 0 bridgehead atoms. The van der Waals surface area contributed by atoms with Crippen molar-refractivity contribution in [3.63, 3.8) is 0 Å². The molecule has 3 nitrogen and oxygen atoms in total. The van der Waals surface area contributed by atoms with Gasteiger partial charge >= 0.3 is 0 Å². The Hall–Kier alpha value is -1.51. The van der Waals surface area contributed by atoms with Gasteiger partial charge in [-0.1, -0.05) is 38.8 Å². The summed E-state index contributed by atoms with van der Waals surface area (Å²) in [6.07, 6.45) is 3.45. The molecule has 3 heteroatoms. The second-order valence-electron chi connectivity index (χ2n) is 5.22. The summed E-state index contributed by atoms with van der Waals surface area (Å²) < 4.78 is 0. The molecule has 0 radical (unpaired) electrons. The highest BCUT2D eigenvalue weighted by atomic mass is 16.1. The number of rotatable bonds is 8. The van der Waals surface area contributed by atoms with E-state index in [1.165, 1.54) is 12.8 Å². The minimum Gasteiger partial charge on any atom is -0.385 e. The van der Waals surface area contributed by atoms with Crippen LogP contribution in [0.2, 0.25) is 0 Å². The molecule has 0 aliphatic carbocycles. The van der Waals surface area contributed by atoms with Crippen LogP contribution in [-0.2, 0) is 0 Å². The summed E-state index contributed by atoms with van der Waals surface area (Å²) in [6.45, 7) is 8.06.